The van der Waals surface area contributed by atoms with Crippen molar-refractivity contribution in [1.29, 1.82) is 0 Å². The van der Waals surface area contributed by atoms with Gasteiger partial charge in [0.2, 0.25) is 11.8 Å². The highest BCUT2D eigenvalue weighted by Crippen LogP contribution is 2.35. The first kappa shape index (κ1) is 22.2. The summed E-state index contributed by atoms with van der Waals surface area (Å²) in [6.07, 6.45) is 0.0674. The number of nitrogens with zero attached hydrogens (tertiary/aromatic N) is 4. The van der Waals surface area contributed by atoms with Gasteiger partial charge in [-0.3, -0.25) is 4.57 Å². The van der Waals surface area contributed by atoms with Crippen LogP contribution < -0.4 is 14.2 Å². The van der Waals surface area contributed by atoms with E-state index in [0.717, 1.165) is 5.56 Å². The molecule has 0 saturated heterocycles. The minimum Gasteiger partial charge on any atom is -0.494 e. The molecule has 0 atom stereocenters. The van der Waals surface area contributed by atoms with Gasteiger partial charge in [-0.2, -0.15) is 13.2 Å². The fourth-order valence-electron chi connectivity index (χ4n) is 3.36. The van der Waals surface area contributed by atoms with Gasteiger partial charge < -0.3 is 19.3 Å². The number of pyridine rings is 3. The second-order valence-corrected chi connectivity index (χ2v) is 7.10. The van der Waals surface area contributed by atoms with Crippen molar-refractivity contribution in [2.75, 3.05) is 20.8 Å². The maximum Gasteiger partial charge on any atom is 0.422 e. The van der Waals surface area contributed by atoms with Gasteiger partial charge >= 0.3 is 6.18 Å². The van der Waals surface area contributed by atoms with E-state index in [0.29, 0.717) is 39.5 Å². The third-order valence-corrected chi connectivity index (χ3v) is 4.86. The van der Waals surface area contributed by atoms with Crippen molar-refractivity contribution in [1.82, 2.24) is 19.5 Å². The molecule has 0 aliphatic carbocycles. The van der Waals surface area contributed by atoms with Crippen LogP contribution in [0.5, 0.6) is 23.4 Å². The van der Waals surface area contributed by atoms with E-state index in [2.05, 4.69) is 19.7 Å². The highest BCUT2D eigenvalue weighted by Gasteiger charge is 2.28. The van der Waals surface area contributed by atoms with Gasteiger partial charge in [-0.05, 0) is 30.7 Å². The third-order valence-electron chi connectivity index (χ3n) is 4.86. The topological polar surface area (TPSA) is 91.5 Å². The smallest absolute Gasteiger partial charge is 0.422 e. The van der Waals surface area contributed by atoms with Crippen molar-refractivity contribution in [3.63, 3.8) is 0 Å². The van der Waals surface area contributed by atoms with Gasteiger partial charge in [-0.15, -0.1) is 0 Å². The number of rotatable bonds is 6. The first-order valence-electron chi connectivity index (χ1n) is 9.66. The Labute approximate surface area is 186 Å². The first-order valence-corrected chi connectivity index (χ1v) is 9.66. The van der Waals surface area contributed by atoms with E-state index in [1.165, 1.54) is 37.1 Å². The zero-order chi connectivity index (χ0) is 23.8. The van der Waals surface area contributed by atoms with E-state index >= 15 is 0 Å². The molecular formula is C22H19F3N4O4. The molecule has 172 valence electrons. The van der Waals surface area contributed by atoms with Gasteiger partial charge in [0.15, 0.2) is 12.4 Å². The average molecular weight is 460 g/mol. The van der Waals surface area contributed by atoms with E-state index in [9.17, 15) is 18.3 Å². The molecule has 4 rings (SSSR count). The number of aromatic hydroxyl groups is 1. The van der Waals surface area contributed by atoms with Crippen LogP contribution in [-0.2, 0) is 0 Å². The normalized spacial score (nSPS) is 11.6. The second-order valence-electron chi connectivity index (χ2n) is 7.10. The fraction of sp³-hybridized carbons (Fsp3) is 0.227. The zero-order valence-corrected chi connectivity index (χ0v) is 17.8. The number of halogens is 3. The molecular weight excluding hydrogens is 441 g/mol. The monoisotopic (exact) mass is 460 g/mol. The minimum absolute atomic E-state index is 0.0715. The molecule has 33 heavy (non-hydrogen) atoms. The molecule has 0 aliphatic heterocycles. The quantitative estimate of drug-likeness (QED) is 0.454. The van der Waals surface area contributed by atoms with Gasteiger partial charge in [-0.25, -0.2) is 15.0 Å². The van der Waals surface area contributed by atoms with Crippen LogP contribution in [-0.4, -0.2) is 51.6 Å². The molecule has 1 N–H and O–H groups in total. The van der Waals surface area contributed by atoms with Crippen molar-refractivity contribution in [3.05, 3.63) is 48.4 Å². The maximum atomic E-state index is 12.3. The van der Waals surface area contributed by atoms with Crippen LogP contribution in [0.1, 0.15) is 5.56 Å². The van der Waals surface area contributed by atoms with E-state index in [-0.39, 0.29) is 11.8 Å². The van der Waals surface area contributed by atoms with Crippen molar-refractivity contribution >= 4 is 10.9 Å². The van der Waals surface area contributed by atoms with E-state index in [1.807, 2.05) is 13.0 Å². The molecule has 4 aromatic heterocycles. The van der Waals surface area contributed by atoms with Crippen LogP contribution in [0.2, 0.25) is 0 Å². The van der Waals surface area contributed by atoms with E-state index < -0.39 is 12.8 Å². The maximum absolute atomic E-state index is 12.3. The van der Waals surface area contributed by atoms with Crippen LogP contribution in [0.25, 0.3) is 27.8 Å². The molecule has 0 aromatic carbocycles. The van der Waals surface area contributed by atoms with E-state index in [4.69, 9.17) is 9.47 Å². The lowest BCUT2D eigenvalue weighted by atomic mass is 10.1. The van der Waals surface area contributed by atoms with Crippen LogP contribution in [0.15, 0.2) is 42.9 Å². The summed E-state index contributed by atoms with van der Waals surface area (Å²) in [6.45, 7) is 0.396. The summed E-state index contributed by atoms with van der Waals surface area (Å²) in [4.78, 5) is 12.7. The average Bonchev–Trinajstić information content (AvgIpc) is 3.13. The van der Waals surface area contributed by atoms with Crippen LogP contribution in [0.3, 0.4) is 0 Å². The molecule has 0 bridgehead atoms. The number of aryl methyl sites for hydroxylation is 1. The number of methoxy groups -OCH3 is 2. The number of aromatic nitrogens is 4. The predicted octanol–water partition coefficient (Wildman–Crippen LogP) is 4.45. The first-order chi connectivity index (χ1) is 15.7. The van der Waals surface area contributed by atoms with Crippen molar-refractivity contribution in [2.24, 2.45) is 0 Å². The summed E-state index contributed by atoms with van der Waals surface area (Å²) in [7, 11) is 3.01. The lowest BCUT2D eigenvalue weighted by Crippen LogP contribution is -2.19. The summed E-state index contributed by atoms with van der Waals surface area (Å²) < 4.78 is 53.5. The SMILES string of the molecule is COc1cc(-c2cc(C)c3c(O)n(-c4ccc(OCC(F)(F)F)nc4)cc3n2)cnc1OC. The molecule has 4 aromatic rings. The zero-order valence-electron chi connectivity index (χ0n) is 17.8. The largest absolute Gasteiger partial charge is 0.494 e. The Bertz CT molecular complexity index is 1300. The van der Waals surface area contributed by atoms with Crippen molar-refractivity contribution in [2.45, 2.75) is 13.1 Å². The molecule has 0 unspecified atom stereocenters. The highest BCUT2D eigenvalue weighted by molar-refractivity contribution is 5.90. The Balaban J connectivity index is 1.70. The Morgan fingerprint density at radius 1 is 1.06 bits per heavy atom. The van der Waals surface area contributed by atoms with Crippen LogP contribution in [0.4, 0.5) is 13.2 Å². The Hall–Kier alpha value is -4.02. The van der Waals surface area contributed by atoms with Gasteiger partial charge in [0.05, 0.1) is 42.7 Å². The molecule has 0 amide bonds. The summed E-state index contributed by atoms with van der Waals surface area (Å²) in [5, 5.41) is 11.3. The molecule has 0 radical (unpaired) electrons. The molecule has 4 heterocycles. The van der Waals surface area contributed by atoms with Gasteiger partial charge in [0, 0.05) is 24.0 Å². The van der Waals surface area contributed by atoms with E-state index in [1.54, 1.807) is 18.5 Å². The molecule has 0 aliphatic rings. The summed E-state index contributed by atoms with van der Waals surface area (Å²) in [5.74, 6) is 0.550. The Kier molecular flexibility index (Phi) is 5.71. The Morgan fingerprint density at radius 3 is 2.48 bits per heavy atom. The fourth-order valence-corrected chi connectivity index (χ4v) is 3.36. The minimum atomic E-state index is -4.46. The lowest BCUT2D eigenvalue weighted by molar-refractivity contribution is -0.154. The number of fused-ring (bicyclic) bond motifs is 1. The Morgan fingerprint density at radius 2 is 1.85 bits per heavy atom. The predicted molar refractivity (Wildman–Crippen MR) is 113 cm³/mol. The molecule has 0 fully saturated rings. The van der Waals surface area contributed by atoms with Crippen LogP contribution in [0, 0.1) is 6.92 Å². The molecule has 0 saturated carbocycles. The summed E-state index contributed by atoms with van der Waals surface area (Å²) in [6, 6.07) is 6.35. The third kappa shape index (κ3) is 4.47. The standard InChI is InChI=1S/C22H19F3N4O4/c1-12-6-15(13-7-17(31-2)20(32-3)27-8-13)28-16-10-29(21(30)19(12)16)14-4-5-18(26-9-14)33-11-22(23,24)25/h4-10,30H,11H2,1-3H3. The summed E-state index contributed by atoms with van der Waals surface area (Å²) in [5.41, 5.74) is 3.00. The van der Waals surface area contributed by atoms with Gasteiger partial charge in [0.25, 0.3) is 5.88 Å². The molecule has 8 nitrogen and oxygen atoms in total. The number of alkyl halides is 3. The van der Waals surface area contributed by atoms with Crippen molar-refractivity contribution in [3.8, 4) is 40.3 Å². The van der Waals surface area contributed by atoms with Gasteiger partial charge in [-0.1, -0.05) is 0 Å². The van der Waals surface area contributed by atoms with Gasteiger partial charge in [0.1, 0.15) is 0 Å². The molecule has 11 heteroatoms. The lowest BCUT2D eigenvalue weighted by Gasteiger charge is -2.09. The number of ether oxygens (including phenoxy) is 3. The number of hydrogen-bond acceptors (Lipinski definition) is 7. The van der Waals surface area contributed by atoms with Crippen LogP contribution >= 0.6 is 0 Å². The molecule has 0 spiro atoms. The number of hydrogen-bond donors (Lipinski definition) is 1. The summed E-state index contributed by atoms with van der Waals surface area (Å²) >= 11 is 0. The van der Waals surface area contributed by atoms with Crippen molar-refractivity contribution < 1.29 is 32.5 Å². The highest BCUT2D eigenvalue weighted by atomic mass is 19.4. The second kappa shape index (κ2) is 8.49.